The van der Waals surface area contributed by atoms with Crippen molar-refractivity contribution in [1.82, 2.24) is 0 Å². The molecular formula is C14H16O4. The number of carbonyl (C=O) groups is 2. The van der Waals surface area contributed by atoms with Gasteiger partial charge in [0.2, 0.25) is 0 Å². The van der Waals surface area contributed by atoms with E-state index in [-0.39, 0.29) is 24.1 Å². The zero-order valence-electron chi connectivity index (χ0n) is 10.5. The van der Waals surface area contributed by atoms with Crippen LogP contribution in [0.1, 0.15) is 31.9 Å². The van der Waals surface area contributed by atoms with E-state index in [1.807, 2.05) is 0 Å². The maximum Gasteiger partial charge on any atom is 0.313 e. The largest absolute Gasteiger partial charge is 0.469 e. The Morgan fingerprint density at radius 1 is 1.56 bits per heavy atom. The molecule has 2 rings (SSSR count). The Morgan fingerprint density at radius 2 is 2.33 bits per heavy atom. The summed E-state index contributed by atoms with van der Waals surface area (Å²) in [6, 6.07) is 3.55. The van der Waals surface area contributed by atoms with Gasteiger partial charge in [-0.2, -0.15) is 0 Å². The monoisotopic (exact) mass is 248 g/mol. The summed E-state index contributed by atoms with van der Waals surface area (Å²) in [6.07, 6.45) is 3.37. The summed E-state index contributed by atoms with van der Waals surface area (Å²) in [5, 5.41) is 0. The van der Waals surface area contributed by atoms with Gasteiger partial charge < -0.3 is 9.15 Å². The highest BCUT2D eigenvalue weighted by molar-refractivity contribution is 5.95. The Kier molecular flexibility index (Phi) is 3.65. The lowest BCUT2D eigenvalue weighted by molar-refractivity contribution is -0.147. The van der Waals surface area contributed by atoms with Crippen molar-refractivity contribution >= 4 is 11.8 Å². The van der Waals surface area contributed by atoms with Gasteiger partial charge in [-0.25, -0.2) is 0 Å². The Hall–Kier alpha value is -1.84. The Labute approximate surface area is 106 Å². The van der Waals surface area contributed by atoms with Crippen molar-refractivity contribution in [1.29, 1.82) is 0 Å². The zero-order valence-corrected chi connectivity index (χ0v) is 10.5. The van der Waals surface area contributed by atoms with Gasteiger partial charge in [0, 0.05) is 12.3 Å². The van der Waals surface area contributed by atoms with Gasteiger partial charge in [-0.15, -0.1) is 0 Å². The smallest absolute Gasteiger partial charge is 0.313 e. The highest BCUT2D eigenvalue weighted by atomic mass is 16.5. The first kappa shape index (κ1) is 12.6. The fourth-order valence-corrected chi connectivity index (χ4v) is 2.40. The Balaban J connectivity index is 2.33. The van der Waals surface area contributed by atoms with Crippen molar-refractivity contribution in [3.63, 3.8) is 0 Å². The van der Waals surface area contributed by atoms with Crippen molar-refractivity contribution in [3.05, 3.63) is 35.8 Å². The first-order valence-corrected chi connectivity index (χ1v) is 6.04. The third kappa shape index (κ3) is 2.37. The molecule has 0 unspecified atom stereocenters. The third-order valence-electron chi connectivity index (χ3n) is 3.15. The molecule has 0 radical (unpaired) electrons. The quantitative estimate of drug-likeness (QED) is 0.771. The summed E-state index contributed by atoms with van der Waals surface area (Å²) in [4.78, 5) is 23.6. The van der Waals surface area contributed by atoms with Gasteiger partial charge in [-0.05, 0) is 32.1 Å². The predicted octanol–water partition coefficient (Wildman–Crippen LogP) is 2.46. The second-order valence-corrected chi connectivity index (χ2v) is 4.41. The van der Waals surface area contributed by atoms with Crippen LogP contribution in [0.3, 0.4) is 0 Å². The van der Waals surface area contributed by atoms with Gasteiger partial charge >= 0.3 is 5.97 Å². The fourth-order valence-electron chi connectivity index (χ4n) is 2.40. The first-order valence-electron chi connectivity index (χ1n) is 6.04. The van der Waals surface area contributed by atoms with Crippen LogP contribution >= 0.6 is 0 Å². The van der Waals surface area contributed by atoms with Crippen LogP contribution in [0.4, 0.5) is 0 Å². The molecule has 2 atom stereocenters. The molecule has 4 heteroatoms. The lowest BCUT2D eigenvalue weighted by atomic mass is 9.77. The standard InChI is InChI=1S/C14H16O4/c1-3-17-14(16)13-9(2)7-10(15)8-11(13)12-5-4-6-18-12/h4-7,11,13H,3,8H2,1-2H3/t11-,13-/m0/s1. The van der Waals surface area contributed by atoms with E-state index in [1.54, 1.807) is 32.2 Å². The number of rotatable bonds is 3. The second-order valence-electron chi connectivity index (χ2n) is 4.41. The molecule has 1 aliphatic rings. The topological polar surface area (TPSA) is 56.5 Å². The number of hydrogen-bond acceptors (Lipinski definition) is 4. The van der Waals surface area contributed by atoms with Crippen molar-refractivity contribution in [2.45, 2.75) is 26.2 Å². The van der Waals surface area contributed by atoms with Gasteiger partial charge in [0.1, 0.15) is 5.76 Å². The number of allylic oxidation sites excluding steroid dienone is 1. The summed E-state index contributed by atoms with van der Waals surface area (Å²) in [6.45, 7) is 3.89. The van der Waals surface area contributed by atoms with Crippen molar-refractivity contribution in [2.75, 3.05) is 6.61 Å². The molecule has 0 aliphatic heterocycles. The molecule has 0 bridgehead atoms. The average Bonchev–Trinajstić information content (AvgIpc) is 2.81. The predicted molar refractivity (Wildman–Crippen MR) is 65.0 cm³/mol. The van der Waals surface area contributed by atoms with E-state index in [1.165, 1.54) is 6.08 Å². The molecule has 0 saturated carbocycles. The maximum atomic E-state index is 12.0. The van der Waals surface area contributed by atoms with Crippen LogP contribution < -0.4 is 0 Å². The van der Waals surface area contributed by atoms with E-state index in [2.05, 4.69) is 0 Å². The molecule has 0 spiro atoms. The minimum Gasteiger partial charge on any atom is -0.469 e. The number of esters is 1. The number of furan rings is 1. The van der Waals surface area contributed by atoms with Gasteiger partial charge in [0.15, 0.2) is 5.78 Å². The lowest BCUT2D eigenvalue weighted by Crippen LogP contribution is -2.30. The molecule has 4 nitrogen and oxygen atoms in total. The van der Waals surface area contributed by atoms with Gasteiger partial charge in [-0.1, -0.05) is 5.57 Å². The van der Waals surface area contributed by atoms with Crippen molar-refractivity contribution in [2.24, 2.45) is 5.92 Å². The minimum atomic E-state index is -0.422. The van der Waals surface area contributed by atoms with Crippen molar-refractivity contribution < 1.29 is 18.7 Å². The third-order valence-corrected chi connectivity index (χ3v) is 3.15. The van der Waals surface area contributed by atoms with Crippen LogP contribution in [0.25, 0.3) is 0 Å². The van der Waals surface area contributed by atoms with Gasteiger partial charge in [0.25, 0.3) is 0 Å². The summed E-state index contributed by atoms with van der Waals surface area (Å²) in [5.41, 5.74) is 0.742. The molecule has 1 aromatic heterocycles. The average molecular weight is 248 g/mol. The van der Waals surface area contributed by atoms with Crippen LogP contribution in [-0.4, -0.2) is 18.4 Å². The summed E-state index contributed by atoms with van der Waals surface area (Å²) in [5.74, 6) is -0.284. The molecule has 0 aromatic carbocycles. The first-order chi connectivity index (χ1) is 8.63. The van der Waals surface area contributed by atoms with E-state index in [9.17, 15) is 9.59 Å². The summed E-state index contributed by atoms with van der Waals surface area (Å²) in [7, 11) is 0. The van der Waals surface area contributed by atoms with E-state index in [0.29, 0.717) is 12.4 Å². The van der Waals surface area contributed by atoms with Crippen molar-refractivity contribution in [3.8, 4) is 0 Å². The Bertz CT molecular complexity index is 470. The zero-order chi connectivity index (χ0) is 13.1. The molecule has 1 aliphatic carbocycles. The van der Waals surface area contributed by atoms with Crippen LogP contribution in [0.2, 0.25) is 0 Å². The highest BCUT2D eigenvalue weighted by Crippen LogP contribution is 2.37. The maximum absolute atomic E-state index is 12.0. The van der Waals surface area contributed by atoms with E-state index in [4.69, 9.17) is 9.15 Å². The molecular weight excluding hydrogens is 232 g/mol. The molecule has 0 fully saturated rings. The Morgan fingerprint density at radius 3 is 2.94 bits per heavy atom. The van der Waals surface area contributed by atoms with Crippen LogP contribution in [0, 0.1) is 5.92 Å². The number of hydrogen-bond donors (Lipinski definition) is 0. The summed E-state index contributed by atoms with van der Waals surface area (Å²) < 4.78 is 10.4. The summed E-state index contributed by atoms with van der Waals surface area (Å²) >= 11 is 0. The molecule has 18 heavy (non-hydrogen) atoms. The van der Waals surface area contributed by atoms with Gasteiger partial charge in [-0.3, -0.25) is 9.59 Å². The molecule has 0 amide bonds. The molecule has 1 aromatic rings. The van der Waals surface area contributed by atoms with Gasteiger partial charge in [0.05, 0.1) is 18.8 Å². The van der Waals surface area contributed by atoms with Crippen LogP contribution in [0.15, 0.2) is 34.5 Å². The normalized spacial score (nSPS) is 23.7. The highest BCUT2D eigenvalue weighted by Gasteiger charge is 2.38. The number of ketones is 1. The molecule has 96 valence electrons. The SMILES string of the molecule is CCOC(=O)[C@H]1C(C)=CC(=O)C[C@H]1c1ccco1. The van der Waals surface area contributed by atoms with E-state index in [0.717, 1.165) is 5.57 Å². The molecule has 0 saturated heterocycles. The van der Waals surface area contributed by atoms with E-state index >= 15 is 0 Å². The number of carbonyl (C=O) groups excluding carboxylic acids is 2. The fraction of sp³-hybridized carbons (Fsp3) is 0.429. The van der Waals surface area contributed by atoms with E-state index < -0.39 is 5.92 Å². The second kappa shape index (κ2) is 5.21. The molecule has 0 N–H and O–H groups in total. The lowest BCUT2D eigenvalue weighted by Gasteiger charge is -2.27. The number of ether oxygens (including phenoxy) is 1. The minimum absolute atomic E-state index is 0.0226. The van der Waals surface area contributed by atoms with Crippen LogP contribution in [-0.2, 0) is 14.3 Å². The molecule has 1 heterocycles. The van der Waals surface area contributed by atoms with Crippen LogP contribution in [0.5, 0.6) is 0 Å².